The number of benzene rings is 2. The second kappa shape index (κ2) is 11.4. The van der Waals surface area contributed by atoms with Crippen LogP contribution in [0, 0.1) is 5.92 Å². The van der Waals surface area contributed by atoms with Crippen LogP contribution >= 0.6 is 0 Å². The molecule has 0 aliphatic heterocycles. The van der Waals surface area contributed by atoms with E-state index < -0.39 is 58.8 Å². The monoisotopic (exact) mass is 545 g/mol. The van der Waals surface area contributed by atoms with E-state index in [1.807, 2.05) is 0 Å². The summed E-state index contributed by atoms with van der Waals surface area (Å²) in [4.78, 5) is 25.8. The van der Waals surface area contributed by atoms with Crippen molar-refractivity contribution in [2.24, 2.45) is 5.92 Å². The minimum atomic E-state index is -5.19. The van der Waals surface area contributed by atoms with E-state index in [2.05, 4.69) is 5.32 Å². The molecule has 6 nitrogen and oxygen atoms in total. The molecular formula is C26H25F6NO5. The molecule has 2 aromatic rings. The van der Waals surface area contributed by atoms with E-state index in [1.165, 1.54) is 20.3 Å². The summed E-state index contributed by atoms with van der Waals surface area (Å²) in [6.45, 7) is 1.67. The fourth-order valence-corrected chi connectivity index (χ4v) is 4.44. The number of nitrogens with one attached hydrogen (secondary N) is 1. The molecule has 206 valence electrons. The number of carbonyl (C=O) groups is 2. The van der Waals surface area contributed by atoms with Gasteiger partial charge in [0, 0.05) is 11.6 Å². The van der Waals surface area contributed by atoms with Crippen LogP contribution in [0.25, 0.3) is 0 Å². The summed E-state index contributed by atoms with van der Waals surface area (Å²) in [7, 11) is 2.83. The third kappa shape index (κ3) is 6.22. The van der Waals surface area contributed by atoms with E-state index in [9.17, 15) is 35.9 Å². The van der Waals surface area contributed by atoms with Gasteiger partial charge in [0.05, 0.1) is 43.4 Å². The summed E-state index contributed by atoms with van der Waals surface area (Å²) in [5, 5.41) is 2.24. The lowest BCUT2D eigenvalue weighted by Gasteiger charge is -2.25. The van der Waals surface area contributed by atoms with Crippen molar-refractivity contribution in [1.82, 2.24) is 5.32 Å². The Balaban J connectivity index is 1.93. The van der Waals surface area contributed by atoms with Crippen molar-refractivity contribution in [3.8, 4) is 11.5 Å². The standard InChI is InChI=1S/C26H25F6NO5/c1-4-38-24(35)21(17-13-16(36-2)10-11-20(17)37-3)14-8-9-15(12-14)33-23(34)22-18(25(27,28)29)6-5-7-19(22)26(30,31)32/h5-11,13-15,21H,4,12H2,1-3H3,(H,33,34). The van der Waals surface area contributed by atoms with Gasteiger partial charge in [0.1, 0.15) is 11.5 Å². The molecule has 1 amide bonds. The highest BCUT2D eigenvalue weighted by Crippen LogP contribution is 2.42. The van der Waals surface area contributed by atoms with Crippen LogP contribution in [0.4, 0.5) is 26.3 Å². The Morgan fingerprint density at radius 2 is 1.61 bits per heavy atom. The maximum absolute atomic E-state index is 13.5. The summed E-state index contributed by atoms with van der Waals surface area (Å²) in [6, 6.07) is 5.27. The van der Waals surface area contributed by atoms with Crippen LogP contribution < -0.4 is 14.8 Å². The Morgan fingerprint density at radius 1 is 0.974 bits per heavy atom. The van der Waals surface area contributed by atoms with Crippen LogP contribution in [0.2, 0.25) is 0 Å². The summed E-state index contributed by atoms with van der Waals surface area (Å²) in [6.07, 6.45) is -7.40. The summed E-state index contributed by atoms with van der Waals surface area (Å²) in [5.74, 6) is -2.97. The molecule has 0 radical (unpaired) electrons. The number of esters is 1. The van der Waals surface area contributed by atoms with Crippen molar-refractivity contribution in [3.63, 3.8) is 0 Å². The lowest BCUT2D eigenvalue weighted by atomic mass is 9.84. The van der Waals surface area contributed by atoms with Crippen molar-refractivity contribution in [2.75, 3.05) is 20.8 Å². The molecule has 1 aliphatic rings. The molecule has 0 saturated carbocycles. The number of ether oxygens (including phenoxy) is 3. The molecule has 0 aromatic heterocycles. The Morgan fingerprint density at radius 3 is 2.13 bits per heavy atom. The van der Waals surface area contributed by atoms with Gasteiger partial charge in [-0.25, -0.2) is 0 Å². The Kier molecular flexibility index (Phi) is 8.63. The molecule has 3 unspecified atom stereocenters. The lowest BCUT2D eigenvalue weighted by molar-refractivity contribution is -0.146. The minimum absolute atomic E-state index is 0.00508. The fraction of sp³-hybridized carbons (Fsp3) is 0.385. The zero-order chi connectivity index (χ0) is 28.3. The van der Waals surface area contributed by atoms with E-state index in [0.29, 0.717) is 35.3 Å². The van der Waals surface area contributed by atoms with Crippen molar-refractivity contribution in [3.05, 3.63) is 70.8 Å². The second-order valence-corrected chi connectivity index (χ2v) is 8.43. The molecular weight excluding hydrogens is 520 g/mol. The van der Waals surface area contributed by atoms with Crippen molar-refractivity contribution in [1.29, 1.82) is 0 Å². The second-order valence-electron chi connectivity index (χ2n) is 8.43. The molecule has 1 aliphatic carbocycles. The molecule has 1 N–H and O–H groups in total. The van der Waals surface area contributed by atoms with Gasteiger partial charge in [0.25, 0.3) is 5.91 Å². The summed E-state index contributed by atoms with van der Waals surface area (Å²) < 4.78 is 96.9. The van der Waals surface area contributed by atoms with E-state index in [1.54, 1.807) is 31.2 Å². The molecule has 2 aromatic carbocycles. The molecule has 0 heterocycles. The maximum Gasteiger partial charge on any atom is 0.417 e. The third-order valence-electron chi connectivity index (χ3n) is 6.08. The first-order valence-corrected chi connectivity index (χ1v) is 11.5. The molecule has 0 saturated heterocycles. The smallest absolute Gasteiger partial charge is 0.417 e. The lowest BCUT2D eigenvalue weighted by Crippen LogP contribution is -2.36. The molecule has 3 atom stereocenters. The molecule has 3 rings (SSSR count). The largest absolute Gasteiger partial charge is 0.497 e. The fourth-order valence-electron chi connectivity index (χ4n) is 4.44. The number of carbonyl (C=O) groups excluding carboxylic acids is 2. The van der Waals surface area contributed by atoms with E-state index in [4.69, 9.17) is 14.2 Å². The van der Waals surface area contributed by atoms with E-state index in [0.717, 1.165) is 0 Å². The number of methoxy groups -OCH3 is 2. The topological polar surface area (TPSA) is 73.9 Å². The highest BCUT2D eigenvalue weighted by Gasteiger charge is 2.43. The van der Waals surface area contributed by atoms with Crippen molar-refractivity contribution >= 4 is 11.9 Å². The average molecular weight is 545 g/mol. The molecule has 12 heteroatoms. The van der Waals surface area contributed by atoms with Crippen LogP contribution in [0.15, 0.2) is 48.6 Å². The van der Waals surface area contributed by atoms with Gasteiger partial charge in [-0.15, -0.1) is 0 Å². The molecule has 38 heavy (non-hydrogen) atoms. The van der Waals surface area contributed by atoms with Gasteiger partial charge in [0.2, 0.25) is 0 Å². The molecule has 0 bridgehead atoms. The Hall–Kier alpha value is -3.70. The summed E-state index contributed by atoms with van der Waals surface area (Å²) >= 11 is 0. The van der Waals surface area contributed by atoms with Crippen LogP contribution in [0.1, 0.15) is 46.3 Å². The highest BCUT2D eigenvalue weighted by molar-refractivity contribution is 5.98. The quantitative estimate of drug-likeness (QED) is 0.259. The van der Waals surface area contributed by atoms with E-state index >= 15 is 0 Å². The van der Waals surface area contributed by atoms with Gasteiger partial charge in [-0.1, -0.05) is 18.2 Å². The third-order valence-corrected chi connectivity index (χ3v) is 6.08. The van der Waals surface area contributed by atoms with Gasteiger partial charge >= 0.3 is 18.3 Å². The van der Waals surface area contributed by atoms with Gasteiger partial charge < -0.3 is 19.5 Å². The van der Waals surface area contributed by atoms with Crippen LogP contribution in [0.5, 0.6) is 11.5 Å². The first-order chi connectivity index (χ1) is 17.8. The van der Waals surface area contributed by atoms with Gasteiger partial charge in [-0.3, -0.25) is 9.59 Å². The normalized spacial score (nSPS) is 18.1. The van der Waals surface area contributed by atoms with Gasteiger partial charge in [-0.2, -0.15) is 26.3 Å². The number of halogens is 6. The Bertz CT molecular complexity index is 1180. The van der Waals surface area contributed by atoms with Crippen molar-refractivity contribution < 1.29 is 50.1 Å². The number of hydrogen-bond acceptors (Lipinski definition) is 5. The SMILES string of the molecule is CCOC(=O)C(c1cc(OC)ccc1OC)C1C=CC(NC(=O)c2c(C(F)(F)F)cccc2C(F)(F)F)C1. The first kappa shape index (κ1) is 28.9. The average Bonchev–Trinajstić information content (AvgIpc) is 3.30. The van der Waals surface area contributed by atoms with Gasteiger partial charge in [0.15, 0.2) is 0 Å². The van der Waals surface area contributed by atoms with Crippen molar-refractivity contribution in [2.45, 2.75) is 37.7 Å². The maximum atomic E-state index is 13.5. The predicted octanol–water partition coefficient (Wildman–Crippen LogP) is 5.76. The number of rotatable bonds is 8. The van der Waals surface area contributed by atoms with Crippen LogP contribution in [-0.2, 0) is 21.9 Å². The molecule has 0 fully saturated rings. The number of amides is 1. The zero-order valence-electron chi connectivity index (χ0n) is 20.6. The number of alkyl halides is 6. The Labute approximate surface area is 214 Å². The zero-order valence-corrected chi connectivity index (χ0v) is 20.6. The van der Waals surface area contributed by atoms with Crippen LogP contribution in [0.3, 0.4) is 0 Å². The highest BCUT2D eigenvalue weighted by atomic mass is 19.4. The first-order valence-electron chi connectivity index (χ1n) is 11.5. The number of hydrogen-bond donors (Lipinski definition) is 1. The van der Waals surface area contributed by atoms with E-state index in [-0.39, 0.29) is 13.0 Å². The minimum Gasteiger partial charge on any atom is -0.497 e. The van der Waals surface area contributed by atoms with Gasteiger partial charge in [-0.05, 0) is 49.6 Å². The molecule has 0 spiro atoms. The predicted molar refractivity (Wildman–Crippen MR) is 124 cm³/mol. The van der Waals surface area contributed by atoms with Crippen LogP contribution in [-0.4, -0.2) is 38.7 Å². The summed E-state index contributed by atoms with van der Waals surface area (Å²) in [5.41, 5.74) is -4.50. The number of allylic oxidation sites excluding steroid dienone is 1.